The van der Waals surface area contributed by atoms with Crippen molar-refractivity contribution in [1.29, 1.82) is 0 Å². The number of hydrogen-bond acceptors (Lipinski definition) is 5. The molecule has 152 valence electrons. The van der Waals surface area contributed by atoms with Crippen molar-refractivity contribution in [3.05, 3.63) is 65.7 Å². The molecule has 1 unspecified atom stereocenters. The molecule has 2 aromatic rings. The minimum Gasteiger partial charge on any atom is -0.491 e. The number of esters is 1. The molecule has 2 aromatic carbocycles. The lowest BCUT2D eigenvalue weighted by atomic mass is 9.88. The number of hydrogen-bond donors (Lipinski definition) is 1. The zero-order chi connectivity index (χ0) is 20.6. The van der Waals surface area contributed by atoms with Crippen molar-refractivity contribution in [3.63, 3.8) is 0 Å². The smallest absolute Gasteiger partial charge is 0.322 e. The van der Waals surface area contributed by atoms with Crippen LogP contribution in [0.5, 0.6) is 5.75 Å². The molecule has 2 rings (SSSR count). The van der Waals surface area contributed by atoms with E-state index in [2.05, 4.69) is 15.9 Å². The molecule has 0 amide bonds. The molecule has 6 heteroatoms. The summed E-state index contributed by atoms with van der Waals surface area (Å²) in [5.41, 5.74) is 0.559. The topological polar surface area (TPSA) is 65.0 Å². The maximum atomic E-state index is 11.6. The Bertz CT molecular complexity index is 736. The van der Waals surface area contributed by atoms with E-state index in [1.807, 2.05) is 54.6 Å². The summed E-state index contributed by atoms with van der Waals surface area (Å²) in [6.45, 7) is 6.53. The highest BCUT2D eigenvalue weighted by Crippen LogP contribution is 2.30. The molecule has 0 aliphatic heterocycles. The van der Waals surface area contributed by atoms with Gasteiger partial charge in [-0.15, -0.1) is 0 Å². The summed E-state index contributed by atoms with van der Waals surface area (Å²) in [5, 5.41) is 10.8. The average Bonchev–Trinajstić information content (AvgIpc) is 2.67. The summed E-state index contributed by atoms with van der Waals surface area (Å²) >= 11 is 3.24. The van der Waals surface area contributed by atoms with Gasteiger partial charge in [0, 0.05) is 0 Å². The Kier molecular flexibility index (Phi) is 8.04. The molecule has 0 radical (unpaired) electrons. The predicted octanol–water partition coefficient (Wildman–Crippen LogP) is 4.05. The number of ether oxygens (including phenoxy) is 3. The Morgan fingerprint density at radius 2 is 1.46 bits per heavy atom. The molecular formula is C22H27BrO5. The number of carbonyl (C=O) groups excluding carboxylic acids is 1. The van der Waals surface area contributed by atoms with Crippen LogP contribution in [0.3, 0.4) is 0 Å². The van der Waals surface area contributed by atoms with Crippen LogP contribution in [0, 0.1) is 0 Å². The van der Waals surface area contributed by atoms with Crippen LogP contribution in [-0.2, 0) is 19.9 Å². The molecule has 5 nitrogen and oxygen atoms in total. The molecule has 0 aliphatic carbocycles. The molecule has 0 heterocycles. The maximum Gasteiger partial charge on any atom is 0.322 e. The summed E-state index contributed by atoms with van der Waals surface area (Å²) in [4.78, 5) is 11.6. The second-order valence-electron chi connectivity index (χ2n) is 7.03. The first-order valence-electron chi connectivity index (χ1n) is 9.16. The molecule has 1 N–H and O–H groups in total. The van der Waals surface area contributed by atoms with Crippen LogP contribution in [0.25, 0.3) is 0 Å². The number of alkyl halides is 1. The van der Waals surface area contributed by atoms with Crippen molar-refractivity contribution in [2.75, 3.05) is 26.4 Å². The van der Waals surface area contributed by atoms with Gasteiger partial charge in [-0.2, -0.15) is 0 Å². The van der Waals surface area contributed by atoms with Crippen molar-refractivity contribution >= 4 is 21.9 Å². The normalized spacial score (nSPS) is 13.6. The van der Waals surface area contributed by atoms with E-state index >= 15 is 0 Å². The minimum atomic E-state index is -1.07. The van der Waals surface area contributed by atoms with Gasteiger partial charge in [0.1, 0.15) is 28.9 Å². The number of aliphatic hydroxyl groups is 1. The lowest BCUT2D eigenvalue weighted by Gasteiger charge is -2.24. The first-order valence-corrected chi connectivity index (χ1v) is 9.95. The van der Waals surface area contributed by atoms with Crippen molar-refractivity contribution in [1.82, 2.24) is 0 Å². The Morgan fingerprint density at radius 1 is 0.893 bits per heavy atom. The highest BCUT2D eigenvalue weighted by Gasteiger charge is 2.25. The van der Waals surface area contributed by atoms with E-state index in [1.165, 1.54) is 0 Å². The lowest BCUT2D eigenvalue weighted by Crippen LogP contribution is -2.28. The van der Waals surface area contributed by atoms with Gasteiger partial charge in [0.25, 0.3) is 0 Å². The average molecular weight is 451 g/mol. The van der Waals surface area contributed by atoms with Gasteiger partial charge in [0.2, 0.25) is 0 Å². The molecule has 0 saturated heterocycles. The minimum absolute atomic E-state index is 0.205. The van der Waals surface area contributed by atoms with Crippen molar-refractivity contribution in [2.45, 2.75) is 30.7 Å². The first kappa shape index (κ1) is 22.4. The van der Waals surface area contributed by atoms with Crippen LogP contribution in [0.15, 0.2) is 54.6 Å². The molecule has 0 aromatic heterocycles. The van der Waals surface area contributed by atoms with Gasteiger partial charge in [-0.25, -0.2) is 0 Å². The van der Waals surface area contributed by atoms with Gasteiger partial charge in [-0.05, 0) is 44.0 Å². The summed E-state index contributed by atoms with van der Waals surface area (Å²) in [7, 11) is 0. The fraction of sp³-hybridized carbons (Fsp3) is 0.409. The number of rotatable bonds is 10. The predicted molar refractivity (Wildman–Crippen MR) is 112 cm³/mol. The summed E-state index contributed by atoms with van der Waals surface area (Å²) in [6.07, 6.45) is 0. The van der Waals surface area contributed by atoms with Crippen LogP contribution in [0.1, 0.15) is 31.9 Å². The maximum absolute atomic E-state index is 11.6. The van der Waals surface area contributed by atoms with Crippen molar-refractivity contribution in [2.24, 2.45) is 0 Å². The van der Waals surface area contributed by atoms with E-state index < -0.39 is 9.93 Å². The van der Waals surface area contributed by atoms with E-state index in [9.17, 15) is 9.90 Å². The number of benzene rings is 2. The molecule has 0 saturated carbocycles. The van der Waals surface area contributed by atoms with Crippen molar-refractivity contribution < 1.29 is 24.1 Å². The van der Waals surface area contributed by atoms with Crippen LogP contribution in [0.4, 0.5) is 0 Å². The SMILES string of the molecule is CC(C)(Br)C(=O)OCCOCCOc1ccc(C(C)(O)c2ccccc2)cc1. The molecular weight excluding hydrogens is 424 g/mol. The van der Waals surface area contributed by atoms with Gasteiger partial charge >= 0.3 is 5.97 Å². The third kappa shape index (κ3) is 6.62. The quantitative estimate of drug-likeness (QED) is 0.336. The standard InChI is InChI=1S/C22H27BrO5/c1-21(2,23)20(24)28-16-14-26-13-15-27-19-11-9-18(10-12-19)22(3,25)17-7-5-4-6-8-17/h4-12,25H,13-16H2,1-3H3. The number of halogens is 1. The van der Waals surface area contributed by atoms with E-state index in [-0.39, 0.29) is 12.6 Å². The summed E-state index contributed by atoms with van der Waals surface area (Å²) in [5.74, 6) is 0.377. The Morgan fingerprint density at radius 3 is 2.07 bits per heavy atom. The zero-order valence-electron chi connectivity index (χ0n) is 16.5. The zero-order valence-corrected chi connectivity index (χ0v) is 18.1. The van der Waals surface area contributed by atoms with Gasteiger partial charge < -0.3 is 19.3 Å². The van der Waals surface area contributed by atoms with Crippen LogP contribution in [0.2, 0.25) is 0 Å². The molecule has 0 spiro atoms. The molecule has 0 bridgehead atoms. The van der Waals surface area contributed by atoms with E-state index in [0.29, 0.717) is 25.6 Å². The third-order valence-corrected chi connectivity index (χ3v) is 4.52. The molecule has 28 heavy (non-hydrogen) atoms. The van der Waals surface area contributed by atoms with Gasteiger partial charge in [0.15, 0.2) is 0 Å². The first-order chi connectivity index (χ1) is 13.2. The van der Waals surface area contributed by atoms with Gasteiger partial charge in [0.05, 0.1) is 13.2 Å². The van der Waals surface area contributed by atoms with Crippen molar-refractivity contribution in [3.8, 4) is 5.75 Å². The van der Waals surface area contributed by atoms with Crippen LogP contribution in [-0.4, -0.2) is 41.8 Å². The number of carbonyl (C=O) groups is 1. The van der Waals surface area contributed by atoms with Crippen LogP contribution < -0.4 is 4.74 Å². The van der Waals surface area contributed by atoms with E-state index in [1.54, 1.807) is 20.8 Å². The van der Waals surface area contributed by atoms with Gasteiger partial charge in [-0.3, -0.25) is 4.79 Å². The Hall–Kier alpha value is -1.89. The molecule has 1 atom stereocenters. The highest BCUT2D eigenvalue weighted by molar-refractivity contribution is 9.10. The monoisotopic (exact) mass is 450 g/mol. The fourth-order valence-electron chi connectivity index (χ4n) is 2.49. The Balaban J connectivity index is 1.71. The second-order valence-corrected chi connectivity index (χ2v) is 9.01. The summed E-state index contributed by atoms with van der Waals surface area (Å²) in [6, 6.07) is 16.9. The Labute approximate surface area is 174 Å². The third-order valence-electron chi connectivity index (χ3n) is 4.19. The van der Waals surface area contributed by atoms with Gasteiger partial charge in [-0.1, -0.05) is 58.4 Å². The molecule has 0 fully saturated rings. The second kappa shape index (κ2) is 10.0. The fourth-order valence-corrected chi connectivity index (χ4v) is 2.60. The largest absolute Gasteiger partial charge is 0.491 e. The van der Waals surface area contributed by atoms with Crippen LogP contribution >= 0.6 is 15.9 Å². The summed E-state index contributed by atoms with van der Waals surface area (Å²) < 4.78 is 15.4. The van der Waals surface area contributed by atoms with E-state index in [4.69, 9.17) is 14.2 Å². The highest BCUT2D eigenvalue weighted by atomic mass is 79.9. The molecule has 0 aliphatic rings. The lowest BCUT2D eigenvalue weighted by molar-refractivity contribution is -0.147. The van der Waals surface area contributed by atoms with E-state index in [0.717, 1.165) is 11.1 Å².